The van der Waals surface area contributed by atoms with Crippen molar-refractivity contribution in [3.05, 3.63) is 41.4 Å². The van der Waals surface area contributed by atoms with Gasteiger partial charge in [-0.3, -0.25) is 14.4 Å². The molecule has 32 heavy (non-hydrogen) atoms. The number of thiazole rings is 1. The number of carbonyl (C=O) groups is 3. The highest BCUT2D eigenvalue weighted by atomic mass is 32.1. The Kier molecular flexibility index (Phi) is 8.75. The first-order valence-corrected chi connectivity index (χ1v) is 11.8. The van der Waals surface area contributed by atoms with Crippen LogP contribution in [0.1, 0.15) is 51.0 Å². The molecule has 3 amide bonds. The molecule has 0 saturated carbocycles. The molecule has 8 nitrogen and oxygen atoms in total. The highest BCUT2D eigenvalue weighted by Gasteiger charge is 2.22. The zero-order valence-corrected chi connectivity index (χ0v) is 19.3. The lowest BCUT2D eigenvalue weighted by molar-refractivity contribution is -0.125. The molecular formula is C23H30N4O4S. The Balaban J connectivity index is 1.62. The molecule has 0 spiro atoms. The zero-order valence-electron chi connectivity index (χ0n) is 18.5. The lowest BCUT2D eigenvalue weighted by Gasteiger charge is -2.23. The molecule has 1 aromatic carbocycles. The highest BCUT2D eigenvalue weighted by molar-refractivity contribution is 7.13. The van der Waals surface area contributed by atoms with E-state index in [0.29, 0.717) is 23.3 Å². The molecule has 2 N–H and O–H groups in total. The number of nitrogens with zero attached hydrogens (tertiary/aromatic N) is 2. The topological polar surface area (TPSA) is 101 Å². The van der Waals surface area contributed by atoms with Crippen LogP contribution in [0, 0.1) is 0 Å². The first kappa shape index (κ1) is 23.9. The molecule has 0 aliphatic carbocycles. The molecule has 2 aromatic rings. The predicted octanol–water partition coefficient (Wildman–Crippen LogP) is 3.31. The van der Waals surface area contributed by atoms with Crippen molar-refractivity contribution >= 4 is 39.9 Å². The van der Waals surface area contributed by atoms with Crippen LogP contribution >= 0.6 is 11.3 Å². The molecule has 172 valence electrons. The van der Waals surface area contributed by atoms with Gasteiger partial charge in [0.05, 0.1) is 6.10 Å². The van der Waals surface area contributed by atoms with E-state index in [4.69, 9.17) is 4.74 Å². The fourth-order valence-corrected chi connectivity index (χ4v) is 3.96. The summed E-state index contributed by atoms with van der Waals surface area (Å²) in [6, 6.07) is 7.60. The maximum atomic E-state index is 13.0. The van der Waals surface area contributed by atoms with Gasteiger partial charge >= 0.3 is 0 Å². The molecule has 1 atom stereocenters. The minimum atomic E-state index is -0.288. The Morgan fingerprint density at radius 2 is 1.97 bits per heavy atom. The van der Waals surface area contributed by atoms with Crippen molar-refractivity contribution in [3.63, 3.8) is 0 Å². The number of amides is 3. The number of ether oxygens (including phenoxy) is 1. The van der Waals surface area contributed by atoms with Crippen LogP contribution in [0.15, 0.2) is 35.8 Å². The maximum absolute atomic E-state index is 13.0. The van der Waals surface area contributed by atoms with Crippen LogP contribution in [0.3, 0.4) is 0 Å². The third-order valence-electron chi connectivity index (χ3n) is 5.27. The van der Waals surface area contributed by atoms with E-state index in [0.717, 1.165) is 25.0 Å². The average Bonchev–Trinajstić information content (AvgIpc) is 3.49. The Morgan fingerprint density at radius 1 is 1.19 bits per heavy atom. The fraction of sp³-hybridized carbons (Fsp3) is 0.478. The summed E-state index contributed by atoms with van der Waals surface area (Å²) in [7, 11) is 0. The molecule has 0 bridgehead atoms. The Labute approximate surface area is 192 Å². The second kappa shape index (κ2) is 11.7. The van der Waals surface area contributed by atoms with E-state index in [1.807, 2.05) is 24.3 Å². The van der Waals surface area contributed by atoms with Gasteiger partial charge < -0.3 is 20.3 Å². The van der Waals surface area contributed by atoms with Gasteiger partial charge in [0.25, 0.3) is 0 Å². The molecule has 9 heteroatoms. The molecule has 0 unspecified atom stereocenters. The molecule has 1 aromatic heterocycles. The van der Waals surface area contributed by atoms with Crippen molar-refractivity contribution in [1.29, 1.82) is 0 Å². The highest BCUT2D eigenvalue weighted by Crippen LogP contribution is 2.21. The molecule has 0 radical (unpaired) electrons. The summed E-state index contributed by atoms with van der Waals surface area (Å²) in [5.41, 5.74) is 1.78. The Hall–Kier alpha value is -2.78. The van der Waals surface area contributed by atoms with Crippen LogP contribution in [0.25, 0.3) is 0 Å². The molecule has 1 fully saturated rings. The van der Waals surface area contributed by atoms with Crippen molar-refractivity contribution < 1.29 is 19.1 Å². The second-order valence-electron chi connectivity index (χ2n) is 8.05. The van der Waals surface area contributed by atoms with Gasteiger partial charge in [-0.2, -0.15) is 0 Å². The van der Waals surface area contributed by atoms with Crippen molar-refractivity contribution in [1.82, 2.24) is 10.3 Å². The minimum Gasteiger partial charge on any atom is -0.376 e. The number of carbonyl (C=O) groups excluding carboxylic acids is 3. The zero-order chi connectivity index (χ0) is 22.9. The van der Waals surface area contributed by atoms with E-state index in [9.17, 15) is 14.4 Å². The molecule has 1 aliphatic rings. The largest absolute Gasteiger partial charge is 0.376 e. The number of benzene rings is 1. The summed E-state index contributed by atoms with van der Waals surface area (Å²) >= 11 is 1.31. The Bertz CT molecular complexity index is 893. The first-order valence-electron chi connectivity index (χ1n) is 10.9. The van der Waals surface area contributed by atoms with Gasteiger partial charge in [0.1, 0.15) is 6.54 Å². The smallest absolute Gasteiger partial charge is 0.240 e. The SMILES string of the molecule is CC(C)c1ccc(N(CC(=O)NC[C@H]2CCCO2)C(=O)CCC(=O)Nc2nccs2)cc1. The third kappa shape index (κ3) is 7.13. The number of hydrogen-bond acceptors (Lipinski definition) is 6. The molecule has 3 rings (SSSR count). The van der Waals surface area contributed by atoms with Gasteiger partial charge in [-0.15, -0.1) is 11.3 Å². The predicted molar refractivity (Wildman–Crippen MR) is 125 cm³/mol. The number of anilines is 2. The van der Waals surface area contributed by atoms with Gasteiger partial charge in [-0.05, 0) is 36.5 Å². The monoisotopic (exact) mass is 458 g/mol. The third-order valence-corrected chi connectivity index (χ3v) is 5.96. The molecule has 2 heterocycles. The Morgan fingerprint density at radius 3 is 2.59 bits per heavy atom. The van der Waals surface area contributed by atoms with Crippen LogP contribution in [-0.4, -0.2) is 48.5 Å². The van der Waals surface area contributed by atoms with E-state index in [-0.39, 0.29) is 43.2 Å². The average molecular weight is 459 g/mol. The van der Waals surface area contributed by atoms with Gasteiger partial charge in [0.2, 0.25) is 17.7 Å². The van der Waals surface area contributed by atoms with Gasteiger partial charge in [0.15, 0.2) is 5.13 Å². The van der Waals surface area contributed by atoms with E-state index >= 15 is 0 Å². The number of rotatable bonds is 10. The standard InChI is InChI=1S/C23H30N4O4S/c1-16(2)17-5-7-18(8-6-17)27(15-21(29)25-14-19-4-3-12-31-19)22(30)10-9-20(28)26-23-24-11-13-32-23/h5-8,11,13,16,19H,3-4,9-10,12,14-15H2,1-2H3,(H,25,29)(H,24,26,28)/t19-/m1/s1. The summed E-state index contributed by atoms with van der Waals surface area (Å²) in [6.45, 7) is 5.23. The van der Waals surface area contributed by atoms with E-state index < -0.39 is 0 Å². The van der Waals surface area contributed by atoms with Crippen LogP contribution in [0.4, 0.5) is 10.8 Å². The number of hydrogen-bond donors (Lipinski definition) is 2. The summed E-state index contributed by atoms with van der Waals surface area (Å²) < 4.78 is 5.54. The van der Waals surface area contributed by atoms with Gasteiger partial charge in [-0.1, -0.05) is 26.0 Å². The summed E-state index contributed by atoms with van der Waals surface area (Å²) in [5.74, 6) is -0.471. The second-order valence-corrected chi connectivity index (χ2v) is 8.95. The normalized spacial score (nSPS) is 15.5. The van der Waals surface area contributed by atoms with Crippen LogP contribution in [-0.2, 0) is 19.1 Å². The van der Waals surface area contributed by atoms with Gasteiger partial charge in [0, 0.05) is 43.3 Å². The van der Waals surface area contributed by atoms with Crippen LogP contribution in [0.2, 0.25) is 0 Å². The fourth-order valence-electron chi connectivity index (χ4n) is 3.42. The number of nitrogens with one attached hydrogen (secondary N) is 2. The van der Waals surface area contributed by atoms with Crippen molar-refractivity contribution in [2.45, 2.75) is 51.6 Å². The van der Waals surface area contributed by atoms with Crippen molar-refractivity contribution in [3.8, 4) is 0 Å². The first-order chi connectivity index (χ1) is 15.4. The lowest BCUT2D eigenvalue weighted by atomic mass is 10.0. The molecule has 1 saturated heterocycles. The van der Waals surface area contributed by atoms with E-state index in [1.165, 1.54) is 16.2 Å². The quantitative estimate of drug-likeness (QED) is 0.569. The van der Waals surface area contributed by atoms with E-state index in [2.05, 4.69) is 29.5 Å². The van der Waals surface area contributed by atoms with Crippen molar-refractivity contribution in [2.75, 3.05) is 29.9 Å². The lowest BCUT2D eigenvalue weighted by Crippen LogP contribution is -2.43. The van der Waals surface area contributed by atoms with Crippen LogP contribution < -0.4 is 15.5 Å². The summed E-state index contributed by atoms with van der Waals surface area (Å²) in [6.07, 6.45) is 3.55. The van der Waals surface area contributed by atoms with Crippen LogP contribution in [0.5, 0.6) is 0 Å². The van der Waals surface area contributed by atoms with E-state index in [1.54, 1.807) is 11.6 Å². The maximum Gasteiger partial charge on any atom is 0.240 e. The summed E-state index contributed by atoms with van der Waals surface area (Å²) in [4.78, 5) is 43.2. The van der Waals surface area contributed by atoms with Crippen molar-refractivity contribution in [2.24, 2.45) is 0 Å². The minimum absolute atomic E-state index is 0.0104. The van der Waals surface area contributed by atoms with Gasteiger partial charge in [-0.25, -0.2) is 4.98 Å². The molecule has 1 aliphatic heterocycles. The molecular weight excluding hydrogens is 428 g/mol. The number of aromatic nitrogens is 1. The summed E-state index contributed by atoms with van der Waals surface area (Å²) in [5, 5.41) is 7.79.